The van der Waals surface area contributed by atoms with Crippen molar-refractivity contribution in [2.24, 2.45) is 0 Å². The van der Waals surface area contributed by atoms with Crippen molar-refractivity contribution in [1.29, 1.82) is 0 Å². The number of aryl methyl sites for hydroxylation is 2. The quantitative estimate of drug-likeness (QED) is 0.618. The second kappa shape index (κ2) is 8.88. The summed E-state index contributed by atoms with van der Waals surface area (Å²) >= 11 is 1.51. The van der Waals surface area contributed by atoms with Gasteiger partial charge in [-0.2, -0.15) is 0 Å². The molecule has 1 saturated heterocycles. The highest BCUT2D eigenvalue weighted by Gasteiger charge is 2.20. The van der Waals surface area contributed by atoms with E-state index in [0.717, 1.165) is 57.8 Å². The molecule has 0 saturated carbocycles. The van der Waals surface area contributed by atoms with Gasteiger partial charge in [0.25, 0.3) is 11.8 Å². The number of amides is 2. The third kappa shape index (κ3) is 4.49. The minimum absolute atomic E-state index is 0.0495. The second-order valence-corrected chi connectivity index (χ2v) is 8.86. The summed E-state index contributed by atoms with van der Waals surface area (Å²) in [7, 11) is 0. The molecule has 0 radical (unpaired) electrons. The molecule has 4 rings (SSSR count). The molecule has 1 aliphatic heterocycles. The molecular formula is C24H26N2O3S. The molecule has 0 aliphatic carbocycles. The SMILES string of the molecule is Cc1cccc(C)c1OCC(=O)Nc1ccc2sc(C(=O)N3CCCCC3)cc2c1. The Labute approximate surface area is 180 Å². The van der Waals surface area contributed by atoms with Gasteiger partial charge in [0.05, 0.1) is 4.88 Å². The number of benzene rings is 2. The molecule has 2 amide bonds. The standard InChI is InChI=1S/C24H26N2O3S/c1-16-7-6-8-17(2)23(16)29-15-22(27)25-19-9-10-20-18(13-19)14-21(30-20)24(28)26-11-4-3-5-12-26/h6-10,13-14H,3-5,11-12,15H2,1-2H3,(H,25,27). The number of piperidine rings is 1. The Bertz CT molecular complexity index is 1060. The van der Waals surface area contributed by atoms with Gasteiger partial charge in [0.1, 0.15) is 5.75 Å². The zero-order valence-corrected chi connectivity index (χ0v) is 18.2. The fraction of sp³-hybridized carbons (Fsp3) is 0.333. The number of hydrogen-bond acceptors (Lipinski definition) is 4. The van der Waals surface area contributed by atoms with Crippen LogP contribution in [-0.2, 0) is 4.79 Å². The van der Waals surface area contributed by atoms with Crippen LogP contribution in [0.3, 0.4) is 0 Å². The number of ether oxygens (including phenoxy) is 1. The van der Waals surface area contributed by atoms with Crippen LogP contribution < -0.4 is 10.1 Å². The van der Waals surface area contributed by atoms with E-state index in [1.807, 2.05) is 61.2 Å². The Balaban J connectivity index is 1.42. The van der Waals surface area contributed by atoms with Crippen LogP contribution in [0.1, 0.15) is 40.1 Å². The predicted octanol–water partition coefficient (Wildman–Crippen LogP) is 5.16. The lowest BCUT2D eigenvalue weighted by Gasteiger charge is -2.26. The van der Waals surface area contributed by atoms with Crippen molar-refractivity contribution in [2.75, 3.05) is 25.0 Å². The molecule has 30 heavy (non-hydrogen) atoms. The van der Waals surface area contributed by atoms with Gasteiger partial charge in [-0.05, 0) is 73.9 Å². The van der Waals surface area contributed by atoms with Crippen LogP contribution in [0.15, 0.2) is 42.5 Å². The van der Waals surface area contributed by atoms with Crippen molar-refractivity contribution in [3.63, 3.8) is 0 Å². The minimum Gasteiger partial charge on any atom is -0.483 e. The van der Waals surface area contributed by atoms with Crippen LogP contribution in [0.5, 0.6) is 5.75 Å². The van der Waals surface area contributed by atoms with Gasteiger partial charge in [-0.3, -0.25) is 9.59 Å². The van der Waals surface area contributed by atoms with Crippen LogP contribution in [-0.4, -0.2) is 36.4 Å². The molecule has 2 heterocycles. The van der Waals surface area contributed by atoms with Gasteiger partial charge in [-0.15, -0.1) is 11.3 Å². The molecule has 6 heteroatoms. The summed E-state index contributed by atoms with van der Waals surface area (Å²) in [6.45, 7) is 5.57. The number of hydrogen-bond donors (Lipinski definition) is 1. The van der Waals surface area contributed by atoms with Crippen molar-refractivity contribution in [2.45, 2.75) is 33.1 Å². The minimum atomic E-state index is -0.211. The van der Waals surface area contributed by atoms with Crippen molar-refractivity contribution < 1.29 is 14.3 Å². The first-order valence-electron chi connectivity index (χ1n) is 10.3. The molecule has 0 bridgehead atoms. The Morgan fingerprint density at radius 1 is 1.03 bits per heavy atom. The van der Waals surface area contributed by atoms with Crippen LogP contribution >= 0.6 is 11.3 Å². The average molecular weight is 423 g/mol. The van der Waals surface area contributed by atoms with Crippen LogP contribution in [0.25, 0.3) is 10.1 Å². The zero-order chi connectivity index (χ0) is 21.1. The number of anilines is 1. The maximum absolute atomic E-state index is 12.8. The molecule has 156 valence electrons. The maximum atomic E-state index is 12.8. The van der Waals surface area contributed by atoms with Gasteiger partial charge in [-0.1, -0.05) is 18.2 Å². The number of nitrogens with zero attached hydrogens (tertiary/aromatic N) is 1. The van der Waals surface area contributed by atoms with E-state index >= 15 is 0 Å². The predicted molar refractivity (Wildman–Crippen MR) is 122 cm³/mol. The Hall–Kier alpha value is -2.86. The molecule has 1 aliphatic rings. The summed E-state index contributed by atoms with van der Waals surface area (Å²) in [5, 5.41) is 3.86. The number of thiophene rings is 1. The van der Waals surface area contributed by atoms with Crippen molar-refractivity contribution >= 4 is 38.9 Å². The van der Waals surface area contributed by atoms with Gasteiger partial charge >= 0.3 is 0 Å². The van der Waals surface area contributed by atoms with Crippen molar-refractivity contribution in [3.05, 3.63) is 58.5 Å². The average Bonchev–Trinajstić information content (AvgIpc) is 3.17. The van der Waals surface area contributed by atoms with Crippen LogP contribution in [0, 0.1) is 13.8 Å². The number of fused-ring (bicyclic) bond motifs is 1. The monoisotopic (exact) mass is 422 g/mol. The molecule has 1 N–H and O–H groups in total. The molecule has 0 spiro atoms. The third-order valence-corrected chi connectivity index (χ3v) is 6.51. The number of likely N-dealkylation sites (tertiary alicyclic amines) is 1. The number of para-hydroxylation sites is 1. The molecule has 1 aromatic heterocycles. The number of carbonyl (C=O) groups excluding carboxylic acids is 2. The van der Waals surface area contributed by atoms with E-state index in [1.54, 1.807) is 0 Å². The van der Waals surface area contributed by atoms with E-state index in [2.05, 4.69) is 5.32 Å². The Morgan fingerprint density at radius 3 is 2.50 bits per heavy atom. The second-order valence-electron chi connectivity index (χ2n) is 7.77. The topological polar surface area (TPSA) is 58.6 Å². The molecule has 1 fully saturated rings. The molecular weight excluding hydrogens is 396 g/mol. The van der Waals surface area contributed by atoms with Crippen molar-refractivity contribution in [1.82, 2.24) is 4.90 Å². The smallest absolute Gasteiger partial charge is 0.263 e. The fourth-order valence-electron chi connectivity index (χ4n) is 3.84. The first-order valence-corrected chi connectivity index (χ1v) is 11.1. The lowest BCUT2D eigenvalue weighted by atomic mass is 10.1. The zero-order valence-electron chi connectivity index (χ0n) is 17.4. The summed E-state index contributed by atoms with van der Waals surface area (Å²) in [5.74, 6) is 0.655. The summed E-state index contributed by atoms with van der Waals surface area (Å²) in [6, 6.07) is 13.6. The first-order chi connectivity index (χ1) is 14.5. The summed E-state index contributed by atoms with van der Waals surface area (Å²) in [4.78, 5) is 27.8. The number of rotatable bonds is 5. The van der Waals surface area contributed by atoms with Crippen LogP contribution in [0.2, 0.25) is 0 Å². The van der Waals surface area contributed by atoms with Crippen LogP contribution in [0.4, 0.5) is 5.69 Å². The van der Waals surface area contributed by atoms with E-state index in [-0.39, 0.29) is 18.4 Å². The summed E-state index contributed by atoms with van der Waals surface area (Å²) in [6.07, 6.45) is 3.36. The van der Waals surface area contributed by atoms with Gasteiger partial charge < -0.3 is 15.0 Å². The van der Waals surface area contributed by atoms with E-state index in [0.29, 0.717) is 5.69 Å². The number of carbonyl (C=O) groups is 2. The number of nitrogens with one attached hydrogen (secondary N) is 1. The summed E-state index contributed by atoms with van der Waals surface area (Å²) < 4.78 is 6.77. The first kappa shape index (κ1) is 20.4. The molecule has 0 atom stereocenters. The molecule has 5 nitrogen and oxygen atoms in total. The largest absolute Gasteiger partial charge is 0.483 e. The summed E-state index contributed by atoms with van der Waals surface area (Å²) in [5.41, 5.74) is 2.72. The van der Waals surface area contributed by atoms with Gasteiger partial charge in [0.2, 0.25) is 0 Å². The van der Waals surface area contributed by atoms with Crippen molar-refractivity contribution in [3.8, 4) is 5.75 Å². The lowest BCUT2D eigenvalue weighted by molar-refractivity contribution is -0.118. The van der Waals surface area contributed by atoms with Gasteiger partial charge in [0, 0.05) is 23.5 Å². The molecule has 0 unspecified atom stereocenters. The lowest BCUT2D eigenvalue weighted by Crippen LogP contribution is -2.35. The molecule has 2 aromatic carbocycles. The molecule has 3 aromatic rings. The Morgan fingerprint density at radius 2 is 1.77 bits per heavy atom. The van der Waals surface area contributed by atoms with E-state index in [1.165, 1.54) is 17.8 Å². The van der Waals surface area contributed by atoms with E-state index in [4.69, 9.17) is 4.74 Å². The van der Waals surface area contributed by atoms with Gasteiger partial charge in [0.15, 0.2) is 6.61 Å². The normalized spacial score (nSPS) is 14.0. The highest BCUT2D eigenvalue weighted by Crippen LogP contribution is 2.30. The highest BCUT2D eigenvalue weighted by molar-refractivity contribution is 7.20. The highest BCUT2D eigenvalue weighted by atomic mass is 32.1. The Kier molecular flexibility index (Phi) is 6.04. The van der Waals surface area contributed by atoms with E-state index < -0.39 is 0 Å². The fourth-order valence-corrected chi connectivity index (χ4v) is 4.85. The van der Waals surface area contributed by atoms with Gasteiger partial charge in [-0.25, -0.2) is 0 Å². The maximum Gasteiger partial charge on any atom is 0.263 e. The van der Waals surface area contributed by atoms with E-state index in [9.17, 15) is 9.59 Å². The third-order valence-electron chi connectivity index (χ3n) is 5.41.